The van der Waals surface area contributed by atoms with E-state index in [0.717, 1.165) is 36.1 Å². The summed E-state index contributed by atoms with van der Waals surface area (Å²) in [6.07, 6.45) is 1.88. The van der Waals surface area contributed by atoms with Crippen LogP contribution in [-0.4, -0.2) is 34.5 Å². The molecule has 1 N–H and O–H groups in total. The number of thiazole rings is 1. The van der Waals surface area contributed by atoms with Gasteiger partial charge in [0.05, 0.1) is 18.0 Å². The van der Waals surface area contributed by atoms with Crippen molar-refractivity contribution in [3.8, 4) is 11.4 Å². The first kappa shape index (κ1) is 10.9. The maximum absolute atomic E-state index is 5.69. The standard InChI is InChI=1S/C11H14N4OS/c1-15-9(2-3-13-15)8-7-17-11(14-8)10-6-12-4-5-16-10/h2-3,7,10,12H,4-6H2,1H3. The number of aryl methyl sites for hydroxylation is 1. The molecule has 1 aliphatic heterocycles. The third-order valence-electron chi connectivity index (χ3n) is 2.81. The Bertz CT molecular complexity index is 501. The summed E-state index contributed by atoms with van der Waals surface area (Å²) in [6, 6.07) is 1.97. The molecule has 6 heteroatoms. The number of ether oxygens (including phenoxy) is 1. The zero-order valence-electron chi connectivity index (χ0n) is 9.59. The summed E-state index contributed by atoms with van der Waals surface area (Å²) in [5.74, 6) is 0. The van der Waals surface area contributed by atoms with Crippen molar-refractivity contribution in [2.45, 2.75) is 6.10 Å². The highest BCUT2D eigenvalue weighted by molar-refractivity contribution is 7.10. The van der Waals surface area contributed by atoms with E-state index in [2.05, 4.69) is 20.8 Å². The highest BCUT2D eigenvalue weighted by atomic mass is 32.1. The van der Waals surface area contributed by atoms with Crippen LogP contribution in [0.5, 0.6) is 0 Å². The molecular weight excluding hydrogens is 236 g/mol. The van der Waals surface area contributed by atoms with Gasteiger partial charge >= 0.3 is 0 Å². The fraction of sp³-hybridized carbons (Fsp3) is 0.455. The summed E-state index contributed by atoms with van der Waals surface area (Å²) in [5.41, 5.74) is 2.01. The molecule has 0 spiro atoms. The Morgan fingerprint density at radius 3 is 3.24 bits per heavy atom. The van der Waals surface area contributed by atoms with Gasteiger partial charge in [-0.15, -0.1) is 11.3 Å². The Balaban J connectivity index is 1.85. The number of nitrogens with one attached hydrogen (secondary N) is 1. The van der Waals surface area contributed by atoms with Gasteiger partial charge in [0.15, 0.2) is 0 Å². The summed E-state index contributed by atoms with van der Waals surface area (Å²) in [4.78, 5) is 4.63. The summed E-state index contributed by atoms with van der Waals surface area (Å²) in [7, 11) is 1.92. The molecule has 90 valence electrons. The third kappa shape index (κ3) is 2.11. The van der Waals surface area contributed by atoms with Gasteiger partial charge in [0.1, 0.15) is 11.1 Å². The van der Waals surface area contributed by atoms with Crippen LogP contribution >= 0.6 is 11.3 Å². The van der Waals surface area contributed by atoms with Crippen LogP contribution in [0.15, 0.2) is 17.6 Å². The molecule has 0 saturated carbocycles. The van der Waals surface area contributed by atoms with Crippen molar-refractivity contribution in [3.63, 3.8) is 0 Å². The topological polar surface area (TPSA) is 52.0 Å². The summed E-state index contributed by atoms with van der Waals surface area (Å²) in [6.45, 7) is 2.53. The van der Waals surface area contributed by atoms with Crippen LogP contribution in [0.1, 0.15) is 11.1 Å². The normalized spacial score (nSPS) is 20.6. The lowest BCUT2D eigenvalue weighted by Gasteiger charge is -2.21. The number of hydrogen-bond donors (Lipinski definition) is 1. The van der Waals surface area contributed by atoms with Crippen molar-refractivity contribution in [1.29, 1.82) is 0 Å². The van der Waals surface area contributed by atoms with Crippen LogP contribution in [0.3, 0.4) is 0 Å². The van der Waals surface area contributed by atoms with Gasteiger partial charge in [-0.25, -0.2) is 4.98 Å². The van der Waals surface area contributed by atoms with Crippen molar-refractivity contribution in [2.24, 2.45) is 7.05 Å². The van der Waals surface area contributed by atoms with E-state index in [0.29, 0.717) is 0 Å². The number of hydrogen-bond acceptors (Lipinski definition) is 5. The molecule has 1 saturated heterocycles. The zero-order chi connectivity index (χ0) is 11.7. The van der Waals surface area contributed by atoms with E-state index in [-0.39, 0.29) is 6.10 Å². The molecule has 3 rings (SSSR count). The van der Waals surface area contributed by atoms with Crippen LogP contribution in [0, 0.1) is 0 Å². The zero-order valence-corrected chi connectivity index (χ0v) is 10.4. The summed E-state index contributed by atoms with van der Waals surface area (Å²) >= 11 is 1.65. The SMILES string of the molecule is Cn1nccc1-c1csc(C2CNCCO2)n1. The number of rotatable bonds is 2. The first-order chi connectivity index (χ1) is 8.34. The maximum Gasteiger partial charge on any atom is 0.124 e. The molecule has 1 aliphatic rings. The lowest BCUT2D eigenvalue weighted by molar-refractivity contribution is 0.0276. The van der Waals surface area contributed by atoms with Crippen molar-refractivity contribution in [1.82, 2.24) is 20.1 Å². The van der Waals surface area contributed by atoms with Gasteiger partial charge in [-0.05, 0) is 6.07 Å². The third-order valence-corrected chi connectivity index (χ3v) is 3.75. The molecule has 0 radical (unpaired) electrons. The first-order valence-electron chi connectivity index (χ1n) is 5.61. The molecule has 1 fully saturated rings. The molecule has 1 unspecified atom stereocenters. The second-order valence-corrected chi connectivity index (χ2v) is 4.86. The number of aromatic nitrogens is 3. The van der Waals surface area contributed by atoms with E-state index in [1.807, 2.05) is 17.8 Å². The van der Waals surface area contributed by atoms with Gasteiger partial charge in [0, 0.05) is 31.7 Å². The average Bonchev–Trinajstić information content (AvgIpc) is 2.98. The molecule has 2 aromatic heterocycles. The van der Waals surface area contributed by atoms with Crippen molar-refractivity contribution in [3.05, 3.63) is 22.7 Å². The van der Waals surface area contributed by atoms with E-state index in [9.17, 15) is 0 Å². The first-order valence-corrected chi connectivity index (χ1v) is 6.48. The fourth-order valence-electron chi connectivity index (χ4n) is 1.90. The van der Waals surface area contributed by atoms with Crippen LogP contribution in [0.4, 0.5) is 0 Å². The van der Waals surface area contributed by atoms with Crippen LogP contribution in [-0.2, 0) is 11.8 Å². The quantitative estimate of drug-likeness (QED) is 0.870. The largest absolute Gasteiger partial charge is 0.368 e. The average molecular weight is 250 g/mol. The van der Waals surface area contributed by atoms with Crippen molar-refractivity contribution < 1.29 is 4.74 Å². The lowest BCUT2D eigenvalue weighted by Crippen LogP contribution is -2.33. The monoisotopic (exact) mass is 250 g/mol. The summed E-state index contributed by atoms with van der Waals surface area (Å²) < 4.78 is 7.52. The molecule has 17 heavy (non-hydrogen) atoms. The van der Waals surface area contributed by atoms with Crippen LogP contribution in [0.25, 0.3) is 11.4 Å². The van der Waals surface area contributed by atoms with Crippen LogP contribution in [0.2, 0.25) is 0 Å². The van der Waals surface area contributed by atoms with Gasteiger partial charge in [-0.3, -0.25) is 4.68 Å². The van der Waals surface area contributed by atoms with E-state index in [1.54, 1.807) is 17.5 Å². The molecule has 1 atom stereocenters. The second kappa shape index (κ2) is 4.56. The van der Waals surface area contributed by atoms with E-state index in [4.69, 9.17) is 4.74 Å². The molecule has 3 heterocycles. The molecule has 0 aromatic carbocycles. The minimum Gasteiger partial charge on any atom is -0.368 e. The van der Waals surface area contributed by atoms with Gasteiger partial charge in [0.25, 0.3) is 0 Å². The Morgan fingerprint density at radius 2 is 2.53 bits per heavy atom. The molecular formula is C11H14N4OS. The Hall–Kier alpha value is -1.24. The number of nitrogens with zero attached hydrogens (tertiary/aromatic N) is 3. The van der Waals surface area contributed by atoms with E-state index >= 15 is 0 Å². The predicted molar refractivity (Wildman–Crippen MR) is 65.9 cm³/mol. The maximum atomic E-state index is 5.69. The molecule has 0 bridgehead atoms. The smallest absolute Gasteiger partial charge is 0.124 e. The minimum absolute atomic E-state index is 0.0933. The molecule has 0 aliphatic carbocycles. The summed E-state index contributed by atoms with van der Waals surface area (Å²) in [5, 5.41) is 10.6. The molecule has 0 amide bonds. The van der Waals surface area contributed by atoms with Gasteiger partial charge < -0.3 is 10.1 Å². The van der Waals surface area contributed by atoms with Gasteiger partial charge in [-0.1, -0.05) is 0 Å². The minimum atomic E-state index is 0.0933. The Kier molecular flexibility index (Phi) is 2.92. The molecule has 2 aromatic rings. The van der Waals surface area contributed by atoms with Crippen molar-refractivity contribution in [2.75, 3.05) is 19.7 Å². The second-order valence-electron chi connectivity index (χ2n) is 3.97. The van der Waals surface area contributed by atoms with Crippen molar-refractivity contribution >= 4 is 11.3 Å². The van der Waals surface area contributed by atoms with Gasteiger partial charge in [-0.2, -0.15) is 5.10 Å². The predicted octanol–water partition coefficient (Wildman–Crippen LogP) is 1.20. The van der Waals surface area contributed by atoms with Gasteiger partial charge in [0.2, 0.25) is 0 Å². The lowest BCUT2D eigenvalue weighted by atomic mass is 10.3. The Labute approximate surface area is 103 Å². The fourth-order valence-corrected chi connectivity index (χ4v) is 2.76. The Morgan fingerprint density at radius 1 is 1.59 bits per heavy atom. The highest BCUT2D eigenvalue weighted by Crippen LogP contribution is 2.27. The molecule has 5 nitrogen and oxygen atoms in total. The number of morpholine rings is 1. The highest BCUT2D eigenvalue weighted by Gasteiger charge is 2.19. The van der Waals surface area contributed by atoms with E-state index in [1.165, 1.54) is 0 Å². The van der Waals surface area contributed by atoms with E-state index < -0.39 is 0 Å². The van der Waals surface area contributed by atoms with Crippen LogP contribution < -0.4 is 5.32 Å².